The van der Waals surface area contributed by atoms with E-state index in [4.69, 9.17) is 11.6 Å². The SMILES string of the molecule is C=C(/C(Cl)=C\C=C/C)[C@@H](C(=O)NC1CCCCC1)N(C(=O)[C@@H]1CCN(S(=O)(=O)N2CC2)C1)c1cccc(F)c1. The molecule has 2 saturated heterocycles. The first-order valence-electron chi connectivity index (χ1n) is 13.5. The molecule has 2 amide bonds. The largest absolute Gasteiger partial charge is 0.351 e. The molecule has 0 aromatic heterocycles. The van der Waals surface area contributed by atoms with Crippen LogP contribution < -0.4 is 10.2 Å². The number of halogens is 2. The van der Waals surface area contributed by atoms with Gasteiger partial charge in [0.25, 0.3) is 10.2 Å². The summed E-state index contributed by atoms with van der Waals surface area (Å²) >= 11 is 6.57. The highest BCUT2D eigenvalue weighted by Gasteiger charge is 2.45. The second-order valence-corrected chi connectivity index (χ2v) is 12.6. The lowest BCUT2D eigenvalue weighted by atomic mass is 9.94. The van der Waals surface area contributed by atoms with Crippen molar-refractivity contribution in [3.8, 4) is 0 Å². The molecule has 2 atom stereocenters. The van der Waals surface area contributed by atoms with E-state index in [1.807, 2.05) is 6.92 Å². The van der Waals surface area contributed by atoms with Crippen LogP contribution in [0.2, 0.25) is 0 Å². The Morgan fingerprint density at radius 3 is 2.51 bits per heavy atom. The van der Waals surface area contributed by atoms with Crippen LogP contribution in [0, 0.1) is 11.7 Å². The fraction of sp³-hybridized carbons (Fsp3) is 0.500. The summed E-state index contributed by atoms with van der Waals surface area (Å²) in [6.45, 7) is 7.01. The minimum Gasteiger partial charge on any atom is -0.351 e. The number of anilines is 1. The van der Waals surface area contributed by atoms with E-state index in [9.17, 15) is 22.4 Å². The van der Waals surface area contributed by atoms with Gasteiger partial charge in [0.05, 0.1) is 5.92 Å². The Kier molecular flexibility index (Phi) is 9.64. The van der Waals surface area contributed by atoms with Crippen LogP contribution in [0.4, 0.5) is 10.1 Å². The second-order valence-electron chi connectivity index (χ2n) is 10.3. The molecule has 0 spiro atoms. The van der Waals surface area contributed by atoms with Crippen LogP contribution in [0.25, 0.3) is 0 Å². The van der Waals surface area contributed by atoms with Crippen LogP contribution in [0.3, 0.4) is 0 Å². The van der Waals surface area contributed by atoms with Gasteiger partial charge in [0, 0.05) is 42.9 Å². The Balaban J connectivity index is 1.71. The molecule has 1 aromatic carbocycles. The third-order valence-corrected chi connectivity index (χ3v) is 9.78. The predicted octanol–water partition coefficient (Wildman–Crippen LogP) is 4.11. The molecule has 0 bridgehead atoms. The zero-order chi connectivity index (χ0) is 28.2. The molecule has 3 fully saturated rings. The number of nitrogens with one attached hydrogen (secondary N) is 1. The molecule has 8 nitrogen and oxygen atoms in total. The van der Waals surface area contributed by atoms with Gasteiger partial charge in [0.2, 0.25) is 11.8 Å². The van der Waals surface area contributed by atoms with Gasteiger partial charge < -0.3 is 5.32 Å². The average molecular weight is 579 g/mol. The average Bonchev–Trinajstić information content (AvgIpc) is 3.67. The minimum absolute atomic E-state index is 0.0188. The number of rotatable bonds is 10. The Hall–Kier alpha value is -2.53. The fourth-order valence-electron chi connectivity index (χ4n) is 5.18. The Morgan fingerprint density at radius 2 is 1.87 bits per heavy atom. The summed E-state index contributed by atoms with van der Waals surface area (Å²) in [4.78, 5) is 29.3. The first-order chi connectivity index (χ1) is 18.6. The molecular formula is C28H36ClFN4O4S. The highest BCUT2D eigenvalue weighted by molar-refractivity contribution is 7.87. The van der Waals surface area contributed by atoms with Gasteiger partial charge in [-0.05, 0) is 56.0 Å². The van der Waals surface area contributed by atoms with Crippen LogP contribution in [-0.2, 0) is 19.8 Å². The highest BCUT2D eigenvalue weighted by Crippen LogP contribution is 2.32. The number of allylic oxidation sites excluding steroid dienone is 3. The summed E-state index contributed by atoms with van der Waals surface area (Å²) in [6, 6.07) is 4.15. The summed E-state index contributed by atoms with van der Waals surface area (Å²) in [5.41, 5.74) is 0.361. The summed E-state index contributed by atoms with van der Waals surface area (Å²) in [7, 11) is -3.62. The third kappa shape index (κ3) is 6.98. The third-order valence-electron chi connectivity index (χ3n) is 7.41. The zero-order valence-electron chi connectivity index (χ0n) is 22.2. The lowest BCUT2D eigenvalue weighted by Gasteiger charge is -2.35. The van der Waals surface area contributed by atoms with Crippen molar-refractivity contribution in [2.75, 3.05) is 31.1 Å². The van der Waals surface area contributed by atoms with Crippen LogP contribution in [0.15, 0.2) is 59.7 Å². The maximum atomic E-state index is 14.4. The number of carbonyl (C=O) groups is 2. The maximum Gasteiger partial charge on any atom is 0.282 e. The monoisotopic (exact) mass is 578 g/mol. The fourth-order valence-corrected chi connectivity index (χ4v) is 6.93. The van der Waals surface area contributed by atoms with Gasteiger partial charge >= 0.3 is 0 Å². The number of benzene rings is 1. The van der Waals surface area contributed by atoms with Gasteiger partial charge in [0.15, 0.2) is 0 Å². The van der Waals surface area contributed by atoms with Crippen LogP contribution in [-0.4, -0.2) is 67.1 Å². The van der Waals surface area contributed by atoms with E-state index in [-0.39, 0.29) is 41.8 Å². The van der Waals surface area contributed by atoms with Crippen molar-refractivity contribution in [2.45, 2.75) is 57.5 Å². The normalized spacial score (nSPS) is 22.1. The Morgan fingerprint density at radius 1 is 1.15 bits per heavy atom. The molecule has 3 aliphatic rings. The number of hydrogen-bond acceptors (Lipinski definition) is 4. The van der Waals surface area contributed by atoms with Gasteiger partial charge in [0.1, 0.15) is 11.9 Å². The minimum atomic E-state index is -3.62. The molecular weight excluding hydrogens is 543 g/mol. The molecule has 212 valence electrons. The summed E-state index contributed by atoms with van der Waals surface area (Å²) in [5, 5.41) is 3.26. The van der Waals surface area contributed by atoms with Gasteiger partial charge in [-0.1, -0.05) is 55.7 Å². The smallest absolute Gasteiger partial charge is 0.282 e. The van der Waals surface area contributed by atoms with E-state index in [0.29, 0.717) is 13.1 Å². The maximum absolute atomic E-state index is 14.4. The number of carbonyl (C=O) groups excluding carboxylic acids is 2. The number of hydrogen-bond donors (Lipinski definition) is 1. The van der Waals surface area contributed by atoms with E-state index in [1.165, 1.54) is 31.7 Å². The van der Waals surface area contributed by atoms with Crippen molar-refractivity contribution < 1.29 is 22.4 Å². The van der Waals surface area contributed by atoms with Gasteiger partial charge in [-0.3, -0.25) is 14.5 Å². The second kappa shape index (κ2) is 12.8. The Labute approximate surface area is 235 Å². The van der Waals surface area contributed by atoms with E-state index < -0.39 is 39.8 Å². The quantitative estimate of drug-likeness (QED) is 0.334. The van der Waals surface area contributed by atoms with Crippen molar-refractivity contribution in [1.29, 1.82) is 0 Å². The van der Waals surface area contributed by atoms with E-state index in [0.717, 1.165) is 32.1 Å². The summed E-state index contributed by atoms with van der Waals surface area (Å²) in [5.74, 6) is -2.23. The zero-order valence-corrected chi connectivity index (χ0v) is 23.8. The van der Waals surface area contributed by atoms with Gasteiger partial charge in [-0.25, -0.2) is 4.39 Å². The molecule has 2 aliphatic heterocycles. The number of nitrogens with zero attached hydrogens (tertiary/aromatic N) is 3. The first-order valence-corrected chi connectivity index (χ1v) is 15.2. The van der Waals surface area contributed by atoms with Crippen LogP contribution >= 0.6 is 11.6 Å². The molecule has 1 saturated carbocycles. The van der Waals surface area contributed by atoms with Gasteiger partial charge in [-0.2, -0.15) is 17.0 Å². The van der Waals surface area contributed by atoms with E-state index in [1.54, 1.807) is 24.3 Å². The topological polar surface area (TPSA) is 89.8 Å². The highest BCUT2D eigenvalue weighted by atomic mass is 35.5. The summed E-state index contributed by atoms with van der Waals surface area (Å²) < 4.78 is 42.6. The van der Waals surface area contributed by atoms with Crippen LogP contribution in [0.1, 0.15) is 45.4 Å². The standard InChI is InChI=1S/C28H36ClFN4O4S/c1-3-4-13-25(29)20(2)26(27(35)31-23-10-6-5-7-11-23)34(24-12-8-9-22(30)18-24)28(36)21-14-15-33(19-21)39(37,38)32-16-17-32/h3-4,8-9,12-13,18,21,23,26H,2,5-7,10-11,14-17,19H2,1H3,(H,31,35)/b4-3-,25-13+/t21-,26+/m1/s1. The van der Waals surface area contributed by atoms with Gasteiger partial charge in [-0.15, -0.1) is 0 Å². The van der Waals surface area contributed by atoms with Crippen molar-refractivity contribution in [2.24, 2.45) is 5.92 Å². The molecule has 4 rings (SSSR count). The molecule has 11 heteroatoms. The van der Waals surface area contributed by atoms with Crippen molar-refractivity contribution in [1.82, 2.24) is 13.9 Å². The van der Waals surface area contributed by atoms with E-state index in [2.05, 4.69) is 11.9 Å². The van der Waals surface area contributed by atoms with Crippen molar-refractivity contribution >= 4 is 39.3 Å². The predicted molar refractivity (Wildman–Crippen MR) is 151 cm³/mol. The lowest BCUT2D eigenvalue weighted by Crippen LogP contribution is -2.55. The molecule has 0 unspecified atom stereocenters. The Bertz CT molecular complexity index is 1260. The molecule has 1 aromatic rings. The van der Waals surface area contributed by atoms with E-state index >= 15 is 0 Å². The lowest BCUT2D eigenvalue weighted by molar-refractivity contribution is -0.127. The molecule has 39 heavy (non-hydrogen) atoms. The van der Waals surface area contributed by atoms with Crippen molar-refractivity contribution in [3.63, 3.8) is 0 Å². The molecule has 1 aliphatic carbocycles. The molecule has 0 radical (unpaired) electrons. The van der Waals surface area contributed by atoms with Crippen molar-refractivity contribution in [3.05, 3.63) is 65.5 Å². The number of amides is 2. The molecule has 2 heterocycles. The van der Waals surface area contributed by atoms with Crippen LogP contribution in [0.5, 0.6) is 0 Å². The molecule has 1 N–H and O–H groups in total. The summed E-state index contributed by atoms with van der Waals surface area (Å²) in [6.07, 6.45) is 10.1. The first kappa shape index (κ1) is 29.5.